The van der Waals surface area contributed by atoms with Gasteiger partial charge in [-0.2, -0.15) is 0 Å². The zero-order valence-electron chi connectivity index (χ0n) is 6.98. The van der Waals surface area contributed by atoms with Crippen LogP contribution in [0, 0.1) is 5.92 Å². The zero-order chi connectivity index (χ0) is 8.81. The van der Waals surface area contributed by atoms with Crippen LogP contribution in [0.2, 0.25) is 0 Å². The topological polar surface area (TPSA) is 65.2 Å². The molecule has 0 bridgehead atoms. The van der Waals surface area contributed by atoms with Crippen molar-refractivity contribution in [3.05, 3.63) is 0 Å². The molecule has 2 N–H and O–H groups in total. The van der Waals surface area contributed by atoms with Crippen LogP contribution in [0.3, 0.4) is 0 Å². The van der Waals surface area contributed by atoms with Crippen LogP contribution < -0.4 is 0 Å². The third-order valence-corrected chi connectivity index (χ3v) is 2.33. The van der Waals surface area contributed by atoms with Crippen LogP contribution in [0.5, 0.6) is 0 Å². The standard InChI is InChI=1S/C8H14N2O2/c11-9-6-8(10-12)7-4-2-1-3-5-7/h6-7,11-12H,1-5H2. The fraction of sp³-hybridized carbons (Fsp3) is 0.750. The Hall–Kier alpha value is -1.06. The van der Waals surface area contributed by atoms with Crippen LogP contribution >= 0.6 is 0 Å². The van der Waals surface area contributed by atoms with Gasteiger partial charge in [0.1, 0.15) is 5.71 Å². The van der Waals surface area contributed by atoms with Gasteiger partial charge in [-0.05, 0) is 12.8 Å². The van der Waals surface area contributed by atoms with Crippen molar-refractivity contribution in [2.24, 2.45) is 16.2 Å². The van der Waals surface area contributed by atoms with E-state index >= 15 is 0 Å². The summed E-state index contributed by atoms with van der Waals surface area (Å²) in [6, 6.07) is 0. The van der Waals surface area contributed by atoms with Crippen molar-refractivity contribution in [3.63, 3.8) is 0 Å². The zero-order valence-corrected chi connectivity index (χ0v) is 6.98. The molecule has 0 atom stereocenters. The van der Waals surface area contributed by atoms with E-state index in [1.165, 1.54) is 25.5 Å². The smallest absolute Gasteiger partial charge is 0.104 e. The molecule has 1 aliphatic rings. The predicted molar refractivity (Wildman–Crippen MR) is 46.1 cm³/mol. The van der Waals surface area contributed by atoms with Crippen LogP contribution in [0.25, 0.3) is 0 Å². The van der Waals surface area contributed by atoms with E-state index in [9.17, 15) is 0 Å². The highest BCUT2D eigenvalue weighted by Gasteiger charge is 2.18. The van der Waals surface area contributed by atoms with Crippen molar-refractivity contribution in [1.82, 2.24) is 0 Å². The highest BCUT2D eigenvalue weighted by atomic mass is 16.4. The van der Waals surface area contributed by atoms with Crippen molar-refractivity contribution >= 4 is 11.9 Å². The van der Waals surface area contributed by atoms with E-state index in [0.29, 0.717) is 5.71 Å². The van der Waals surface area contributed by atoms with Gasteiger partial charge in [-0.3, -0.25) is 0 Å². The van der Waals surface area contributed by atoms with Gasteiger partial charge in [-0.25, -0.2) is 0 Å². The van der Waals surface area contributed by atoms with Crippen molar-refractivity contribution in [2.45, 2.75) is 32.1 Å². The molecule has 1 fully saturated rings. The van der Waals surface area contributed by atoms with Gasteiger partial charge in [0.25, 0.3) is 0 Å². The molecule has 0 aromatic heterocycles. The first-order valence-corrected chi connectivity index (χ1v) is 4.28. The molecule has 1 rings (SSSR count). The summed E-state index contributed by atoms with van der Waals surface area (Å²) in [5.41, 5.74) is 0.497. The molecule has 4 heteroatoms. The number of oxime groups is 2. The molecule has 4 nitrogen and oxygen atoms in total. The number of nitrogens with zero attached hydrogens (tertiary/aromatic N) is 2. The first-order chi connectivity index (χ1) is 5.88. The maximum Gasteiger partial charge on any atom is 0.104 e. The fourth-order valence-corrected chi connectivity index (χ4v) is 1.67. The van der Waals surface area contributed by atoms with E-state index in [1.54, 1.807) is 0 Å². The first-order valence-electron chi connectivity index (χ1n) is 4.28. The summed E-state index contributed by atoms with van der Waals surface area (Å²) in [5, 5.41) is 22.8. The van der Waals surface area contributed by atoms with Crippen molar-refractivity contribution in [1.29, 1.82) is 0 Å². The number of rotatable bonds is 2. The van der Waals surface area contributed by atoms with Gasteiger partial charge in [-0.1, -0.05) is 29.6 Å². The molecular weight excluding hydrogens is 156 g/mol. The molecule has 0 aliphatic heterocycles. The number of hydrogen-bond donors (Lipinski definition) is 2. The van der Waals surface area contributed by atoms with Crippen LogP contribution in [-0.2, 0) is 0 Å². The Labute approximate surface area is 71.6 Å². The van der Waals surface area contributed by atoms with E-state index in [1.807, 2.05) is 0 Å². The second-order valence-corrected chi connectivity index (χ2v) is 3.10. The van der Waals surface area contributed by atoms with Gasteiger partial charge >= 0.3 is 0 Å². The Balaban J connectivity index is 2.52. The van der Waals surface area contributed by atoms with E-state index in [2.05, 4.69) is 10.3 Å². The van der Waals surface area contributed by atoms with Crippen LogP contribution in [0.15, 0.2) is 10.3 Å². The van der Waals surface area contributed by atoms with Crippen LogP contribution in [0.4, 0.5) is 0 Å². The summed E-state index contributed by atoms with van der Waals surface area (Å²) in [6.45, 7) is 0. The molecule has 0 spiro atoms. The van der Waals surface area contributed by atoms with E-state index < -0.39 is 0 Å². The average Bonchev–Trinajstić information content (AvgIpc) is 2.15. The fourth-order valence-electron chi connectivity index (χ4n) is 1.67. The molecule has 1 saturated carbocycles. The molecule has 0 heterocycles. The normalized spacial score (nSPS) is 21.8. The second-order valence-electron chi connectivity index (χ2n) is 3.10. The van der Waals surface area contributed by atoms with E-state index in [0.717, 1.165) is 12.8 Å². The third-order valence-electron chi connectivity index (χ3n) is 2.33. The van der Waals surface area contributed by atoms with Gasteiger partial charge < -0.3 is 10.4 Å². The van der Waals surface area contributed by atoms with E-state index in [4.69, 9.17) is 10.4 Å². The average molecular weight is 170 g/mol. The van der Waals surface area contributed by atoms with Gasteiger partial charge in [-0.15, -0.1) is 0 Å². The first kappa shape index (κ1) is 9.03. The third kappa shape index (κ3) is 2.22. The quantitative estimate of drug-likeness (QED) is 0.377. The van der Waals surface area contributed by atoms with Crippen molar-refractivity contribution < 1.29 is 10.4 Å². The SMILES string of the molecule is ON=CC(=NO)C1CCCCC1. The molecule has 1 aliphatic carbocycles. The van der Waals surface area contributed by atoms with Gasteiger partial charge in [0.15, 0.2) is 0 Å². The van der Waals surface area contributed by atoms with Crippen molar-refractivity contribution in [3.8, 4) is 0 Å². The summed E-state index contributed by atoms with van der Waals surface area (Å²) in [7, 11) is 0. The van der Waals surface area contributed by atoms with Gasteiger partial charge in [0.05, 0.1) is 6.21 Å². The molecule has 0 unspecified atom stereocenters. The van der Waals surface area contributed by atoms with Gasteiger partial charge in [0.2, 0.25) is 0 Å². The molecule has 0 aromatic rings. The Kier molecular flexibility index (Phi) is 3.57. The molecule has 68 valence electrons. The lowest BCUT2D eigenvalue weighted by atomic mass is 9.86. The molecule has 12 heavy (non-hydrogen) atoms. The summed E-state index contributed by atoms with van der Waals surface area (Å²) < 4.78 is 0. The van der Waals surface area contributed by atoms with Crippen molar-refractivity contribution in [2.75, 3.05) is 0 Å². The van der Waals surface area contributed by atoms with Gasteiger partial charge in [0, 0.05) is 5.92 Å². The highest BCUT2D eigenvalue weighted by molar-refractivity contribution is 6.31. The highest BCUT2D eigenvalue weighted by Crippen LogP contribution is 2.24. The Morgan fingerprint density at radius 3 is 2.33 bits per heavy atom. The molecule has 0 radical (unpaired) electrons. The Morgan fingerprint density at radius 2 is 1.83 bits per heavy atom. The molecule has 0 amide bonds. The Bertz CT molecular complexity index is 183. The minimum Gasteiger partial charge on any atom is -0.411 e. The maximum absolute atomic E-state index is 8.59. The minimum atomic E-state index is 0.277. The monoisotopic (exact) mass is 170 g/mol. The number of hydrogen-bond acceptors (Lipinski definition) is 4. The summed E-state index contributed by atoms with van der Waals surface area (Å²) in [6.07, 6.45) is 6.88. The predicted octanol–water partition coefficient (Wildman–Crippen LogP) is 1.86. The largest absolute Gasteiger partial charge is 0.411 e. The second kappa shape index (κ2) is 4.74. The minimum absolute atomic E-state index is 0.277. The lowest BCUT2D eigenvalue weighted by Gasteiger charge is -2.19. The Morgan fingerprint density at radius 1 is 1.17 bits per heavy atom. The summed E-state index contributed by atoms with van der Waals surface area (Å²) >= 11 is 0. The summed E-state index contributed by atoms with van der Waals surface area (Å²) in [5.74, 6) is 0.277. The molecular formula is C8H14N2O2. The lowest BCUT2D eigenvalue weighted by molar-refractivity contribution is 0.308. The lowest BCUT2D eigenvalue weighted by Crippen LogP contribution is -2.19. The molecule has 0 saturated heterocycles. The summed E-state index contributed by atoms with van der Waals surface area (Å²) in [4.78, 5) is 0. The van der Waals surface area contributed by atoms with Crippen LogP contribution in [0.1, 0.15) is 32.1 Å². The van der Waals surface area contributed by atoms with E-state index in [-0.39, 0.29) is 5.92 Å². The van der Waals surface area contributed by atoms with Crippen LogP contribution in [-0.4, -0.2) is 22.3 Å². The maximum atomic E-state index is 8.59. The molecule has 0 aromatic carbocycles.